The maximum Gasteiger partial charge on any atom is 0.328 e. The third kappa shape index (κ3) is 4.67. The summed E-state index contributed by atoms with van der Waals surface area (Å²) in [6, 6.07) is 5.19. The van der Waals surface area contributed by atoms with Gasteiger partial charge in [-0.1, -0.05) is 12.1 Å². The fraction of sp³-hybridized carbons (Fsp3) is 0.143. The van der Waals surface area contributed by atoms with Crippen molar-refractivity contribution in [1.29, 1.82) is 0 Å². The van der Waals surface area contributed by atoms with E-state index in [4.69, 9.17) is 14.6 Å². The summed E-state index contributed by atoms with van der Waals surface area (Å²) in [7, 11) is 3.06. The zero-order chi connectivity index (χ0) is 14.3. The monoisotopic (exact) mass is 262 g/mol. The molecule has 0 atom stereocenters. The van der Waals surface area contributed by atoms with Crippen LogP contribution in [-0.4, -0.2) is 31.1 Å². The maximum absolute atomic E-state index is 11.3. The van der Waals surface area contributed by atoms with Gasteiger partial charge in [0.05, 0.1) is 14.2 Å². The van der Waals surface area contributed by atoms with Crippen LogP contribution in [0.2, 0.25) is 0 Å². The van der Waals surface area contributed by atoms with Crippen molar-refractivity contribution in [2.75, 3.05) is 14.2 Å². The van der Waals surface area contributed by atoms with E-state index in [1.54, 1.807) is 24.3 Å². The number of rotatable bonds is 6. The molecule has 0 aliphatic carbocycles. The number of benzene rings is 1. The molecule has 5 heteroatoms. The molecule has 0 saturated carbocycles. The first kappa shape index (κ1) is 14.5. The van der Waals surface area contributed by atoms with Gasteiger partial charge in [-0.3, -0.25) is 4.79 Å². The van der Waals surface area contributed by atoms with Crippen molar-refractivity contribution in [1.82, 2.24) is 0 Å². The summed E-state index contributed by atoms with van der Waals surface area (Å²) in [5.41, 5.74) is 0.745. The first-order valence-corrected chi connectivity index (χ1v) is 5.42. The average molecular weight is 262 g/mol. The lowest BCUT2D eigenvalue weighted by Crippen LogP contribution is -1.92. The summed E-state index contributed by atoms with van der Waals surface area (Å²) >= 11 is 0. The van der Waals surface area contributed by atoms with E-state index in [0.29, 0.717) is 11.5 Å². The molecule has 1 rings (SSSR count). The summed E-state index contributed by atoms with van der Waals surface area (Å²) < 4.78 is 10.2. The van der Waals surface area contributed by atoms with Crippen LogP contribution < -0.4 is 9.47 Å². The third-order valence-corrected chi connectivity index (χ3v) is 2.24. The Morgan fingerprint density at radius 3 is 2.32 bits per heavy atom. The first-order valence-electron chi connectivity index (χ1n) is 5.42. The molecule has 0 aromatic heterocycles. The standard InChI is InChI=1S/C14H14O5/c1-18-12-7-4-10(9-13(12)19-2)3-5-11(15)6-8-14(16)17/h3-9H,1-2H3,(H,16,17)/b5-3+,8-6+. The fourth-order valence-electron chi connectivity index (χ4n) is 1.34. The molecule has 0 heterocycles. The van der Waals surface area contributed by atoms with E-state index >= 15 is 0 Å². The lowest BCUT2D eigenvalue weighted by molar-refractivity contribution is -0.131. The van der Waals surface area contributed by atoms with Crippen molar-refractivity contribution in [2.45, 2.75) is 0 Å². The SMILES string of the molecule is COc1ccc(/C=C/C(=O)/C=C/C(=O)O)cc1OC. The Labute approximate surface area is 110 Å². The lowest BCUT2D eigenvalue weighted by atomic mass is 10.1. The smallest absolute Gasteiger partial charge is 0.328 e. The quantitative estimate of drug-likeness (QED) is 0.793. The van der Waals surface area contributed by atoms with Crippen molar-refractivity contribution in [3.63, 3.8) is 0 Å². The van der Waals surface area contributed by atoms with Gasteiger partial charge in [-0.05, 0) is 29.8 Å². The minimum absolute atomic E-state index is 0.405. The molecule has 0 aliphatic heterocycles. The number of ketones is 1. The number of ether oxygens (including phenoxy) is 2. The highest BCUT2D eigenvalue weighted by atomic mass is 16.5. The van der Waals surface area contributed by atoms with E-state index in [0.717, 1.165) is 17.7 Å². The van der Waals surface area contributed by atoms with Crippen LogP contribution in [0.1, 0.15) is 5.56 Å². The summed E-state index contributed by atoms with van der Waals surface area (Å²) in [6.07, 6.45) is 4.62. The van der Waals surface area contributed by atoms with Crippen LogP contribution in [0.5, 0.6) is 11.5 Å². The van der Waals surface area contributed by atoms with Crippen LogP contribution in [0, 0.1) is 0 Å². The molecule has 0 bridgehead atoms. The van der Waals surface area contributed by atoms with E-state index in [9.17, 15) is 9.59 Å². The van der Waals surface area contributed by atoms with Crippen LogP contribution in [0.15, 0.2) is 36.4 Å². The molecular formula is C14H14O5. The number of hydrogen-bond acceptors (Lipinski definition) is 4. The number of carboxylic acids is 1. The molecule has 0 unspecified atom stereocenters. The van der Waals surface area contributed by atoms with Gasteiger partial charge >= 0.3 is 5.97 Å². The Kier molecular flexibility index (Phi) is 5.35. The molecule has 19 heavy (non-hydrogen) atoms. The Bertz CT molecular complexity index is 529. The van der Waals surface area contributed by atoms with Crippen molar-refractivity contribution in [2.24, 2.45) is 0 Å². The van der Waals surface area contributed by atoms with E-state index in [-0.39, 0.29) is 0 Å². The van der Waals surface area contributed by atoms with Gasteiger partial charge in [-0.25, -0.2) is 4.79 Å². The average Bonchev–Trinajstić information content (AvgIpc) is 2.42. The van der Waals surface area contributed by atoms with Gasteiger partial charge in [-0.15, -0.1) is 0 Å². The number of hydrogen-bond donors (Lipinski definition) is 1. The number of aliphatic carboxylic acids is 1. The molecule has 1 aromatic carbocycles. The molecule has 0 aliphatic rings. The van der Waals surface area contributed by atoms with Crippen LogP contribution in [0.4, 0.5) is 0 Å². The Balaban J connectivity index is 2.82. The molecule has 0 amide bonds. The molecular weight excluding hydrogens is 248 g/mol. The summed E-state index contributed by atoms with van der Waals surface area (Å²) in [5, 5.41) is 8.38. The topological polar surface area (TPSA) is 72.8 Å². The zero-order valence-electron chi connectivity index (χ0n) is 10.6. The molecule has 100 valence electrons. The second kappa shape index (κ2) is 7.00. The minimum Gasteiger partial charge on any atom is -0.493 e. The summed E-state index contributed by atoms with van der Waals surface area (Å²) in [4.78, 5) is 21.5. The number of carboxylic acid groups (broad SMARTS) is 1. The summed E-state index contributed by atoms with van der Waals surface area (Å²) in [6.45, 7) is 0. The van der Waals surface area contributed by atoms with E-state index in [1.807, 2.05) is 0 Å². The number of methoxy groups -OCH3 is 2. The molecule has 0 fully saturated rings. The van der Waals surface area contributed by atoms with Crippen LogP contribution in [0.3, 0.4) is 0 Å². The highest BCUT2D eigenvalue weighted by Gasteiger charge is 2.02. The highest BCUT2D eigenvalue weighted by molar-refractivity contribution is 6.04. The van der Waals surface area contributed by atoms with Gasteiger partial charge in [0, 0.05) is 6.08 Å². The van der Waals surface area contributed by atoms with E-state index < -0.39 is 11.8 Å². The summed E-state index contributed by atoms with van der Waals surface area (Å²) in [5.74, 6) is -0.417. The van der Waals surface area contributed by atoms with Gasteiger partial charge in [0.15, 0.2) is 17.3 Å². The van der Waals surface area contributed by atoms with Crippen molar-refractivity contribution >= 4 is 17.8 Å². The molecule has 0 spiro atoms. The lowest BCUT2D eigenvalue weighted by Gasteiger charge is -2.07. The Hall–Kier alpha value is -2.56. The van der Waals surface area contributed by atoms with Crippen molar-refractivity contribution in [3.05, 3.63) is 42.0 Å². The second-order valence-corrected chi connectivity index (χ2v) is 3.52. The number of allylic oxidation sites excluding steroid dienone is 2. The van der Waals surface area contributed by atoms with Gasteiger partial charge < -0.3 is 14.6 Å². The van der Waals surface area contributed by atoms with Gasteiger partial charge in [-0.2, -0.15) is 0 Å². The number of carbonyl (C=O) groups is 2. The van der Waals surface area contributed by atoms with Crippen LogP contribution >= 0.6 is 0 Å². The van der Waals surface area contributed by atoms with E-state index in [2.05, 4.69) is 0 Å². The first-order chi connectivity index (χ1) is 9.06. The molecule has 0 saturated heterocycles. The predicted molar refractivity (Wildman–Crippen MR) is 70.4 cm³/mol. The Morgan fingerprint density at radius 2 is 1.74 bits per heavy atom. The normalized spacial score (nSPS) is 10.8. The maximum atomic E-state index is 11.3. The third-order valence-electron chi connectivity index (χ3n) is 2.24. The Morgan fingerprint density at radius 1 is 1.05 bits per heavy atom. The number of carbonyl (C=O) groups excluding carboxylic acids is 1. The van der Waals surface area contributed by atoms with Crippen molar-refractivity contribution < 1.29 is 24.2 Å². The molecule has 1 N–H and O–H groups in total. The van der Waals surface area contributed by atoms with Gasteiger partial charge in [0.1, 0.15) is 0 Å². The fourth-order valence-corrected chi connectivity index (χ4v) is 1.34. The highest BCUT2D eigenvalue weighted by Crippen LogP contribution is 2.27. The van der Waals surface area contributed by atoms with Crippen LogP contribution in [-0.2, 0) is 9.59 Å². The minimum atomic E-state index is -1.16. The van der Waals surface area contributed by atoms with Crippen molar-refractivity contribution in [3.8, 4) is 11.5 Å². The van der Waals surface area contributed by atoms with Gasteiger partial charge in [0.2, 0.25) is 0 Å². The largest absolute Gasteiger partial charge is 0.493 e. The predicted octanol–water partition coefficient (Wildman–Crippen LogP) is 1.93. The van der Waals surface area contributed by atoms with Gasteiger partial charge in [0.25, 0.3) is 0 Å². The van der Waals surface area contributed by atoms with Crippen LogP contribution in [0.25, 0.3) is 6.08 Å². The molecule has 5 nitrogen and oxygen atoms in total. The molecule has 1 aromatic rings. The molecule has 0 radical (unpaired) electrons. The second-order valence-electron chi connectivity index (χ2n) is 3.52. The van der Waals surface area contributed by atoms with E-state index in [1.165, 1.54) is 20.3 Å². The zero-order valence-corrected chi connectivity index (χ0v) is 10.6.